The van der Waals surface area contributed by atoms with Gasteiger partial charge in [0.25, 0.3) is 0 Å². The molecule has 0 aliphatic carbocycles. The van der Waals surface area contributed by atoms with E-state index in [0.717, 1.165) is 57.3 Å². The van der Waals surface area contributed by atoms with E-state index >= 15 is 0 Å². The quantitative estimate of drug-likeness (QED) is 0.858. The van der Waals surface area contributed by atoms with Gasteiger partial charge in [-0.05, 0) is 18.6 Å². The van der Waals surface area contributed by atoms with Crippen molar-refractivity contribution in [2.45, 2.75) is 18.5 Å². The van der Waals surface area contributed by atoms with E-state index in [2.05, 4.69) is 32.2 Å². The van der Waals surface area contributed by atoms with Crippen molar-refractivity contribution >= 4 is 23.4 Å². The summed E-state index contributed by atoms with van der Waals surface area (Å²) < 4.78 is 0. The monoisotopic (exact) mass is 347 g/mol. The summed E-state index contributed by atoms with van der Waals surface area (Å²) in [6.07, 6.45) is 4.67. The molecule has 4 rings (SSSR count). The normalized spacial score (nSPS) is 28.5. The highest BCUT2D eigenvalue weighted by Gasteiger charge is 2.36. The lowest BCUT2D eigenvalue weighted by atomic mass is 10.1. The number of hydrogen-bond acceptors (Lipinski definition) is 6. The zero-order chi connectivity index (χ0) is 16.4. The van der Waals surface area contributed by atoms with E-state index in [1.165, 1.54) is 5.69 Å². The molecule has 6 nitrogen and oxygen atoms in total. The van der Waals surface area contributed by atoms with Gasteiger partial charge < -0.3 is 15.1 Å². The molecule has 3 fully saturated rings. The third-order valence-electron chi connectivity index (χ3n) is 5.33. The Morgan fingerprint density at radius 3 is 2.67 bits per heavy atom. The number of aromatic nitrogens is 1. The lowest BCUT2D eigenvalue weighted by molar-refractivity contribution is -0.131. The number of piperazine rings is 1. The third-order valence-corrected chi connectivity index (χ3v) is 6.29. The number of hydrogen-bond donors (Lipinski definition) is 1. The van der Waals surface area contributed by atoms with Crippen molar-refractivity contribution in [1.82, 2.24) is 20.1 Å². The average Bonchev–Trinajstić information content (AvgIpc) is 3.34. The number of carbonyl (C=O) groups is 1. The predicted molar refractivity (Wildman–Crippen MR) is 97.3 cm³/mol. The second-order valence-electron chi connectivity index (χ2n) is 6.72. The summed E-state index contributed by atoms with van der Waals surface area (Å²) in [6, 6.07) is 4.67. The molecule has 130 valence electrons. The maximum absolute atomic E-state index is 12.5. The van der Waals surface area contributed by atoms with Crippen LogP contribution in [0.3, 0.4) is 0 Å². The first-order valence-electron chi connectivity index (χ1n) is 8.80. The zero-order valence-corrected chi connectivity index (χ0v) is 14.7. The van der Waals surface area contributed by atoms with Crippen LogP contribution in [0.5, 0.6) is 0 Å². The second-order valence-corrected chi connectivity index (χ2v) is 7.79. The molecule has 24 heavy (non-hydrogen) atoms. The van der Waals surface area contributed by atoms with Crippen molar-refractivity contribution in [3.63, 3.8) is 0 Å². The van der Waals surface area contributed by atoms with Crippen molar-refractivity contribution < 1.29 is 4.79 Å². The summed E-state index contributed by atoms with van der Waals surface area (Å²) in [6.45, 7) is 6.07. The van der Waals surface area contributed by atoms with Gasteiger partial charge in [0, 0.05) is 69.1 Å². The van der Waals surface area contributed by atoms with E-state index in [1.54, 1.807) is 0 Å². The molecular formula is C17H25N5OS. The summed E-state index contributed by atoms with van der Waals surface area (Å²) in [7, 11) is 0. The molecule has 3 saturated heterocycles. The number of pyridine rings is 1. The van der Waals surface area contributed by atoms with Crippen molar-refractivity contribution in [3.8, 4) is 0 Å². The summed E-state index contributed by atoms with van der Waals surface area (Å²) in [5, 5.41) is 3.46. The molecule has 3 aliphatic rings. The maximum atomic E-state index is 12.5. The number of carbonyl (C=O) groups excluding carboxylic acids is 1. The van der Waals surface area contributed by atoms with Crippen molar-refractivity contribution in [1.29, 1.82) is 0 Å². The summed E-state index contributed by atoms with van der Waals surface area (Å²) in [4.78, 5) is 23.6. The molecule has 0 bridgehead atoms. The van der Waals surface area contributed by atoms with Gasteiger partial charge in [-0.2, -0.15) is 0 Å². The Kier molecular flexibility index (Phi) is 4.91. The van der Waals surface area contributed by atoms with Gasteiger partial charge in [-0.3, -0.25) is 14.7 Å². The van der Waals surface area contributed by atoms with E-state index in [-0.39, 0.29) is 6.04 Å². The molecule has 7 heteroatoms. The van der Waals surface area contributed by atoms with Crippen LogP contribution in [0.1, 0.15) is 6.42 Å². The molecule has 2 atom stereocenters. The number of nitrogens with one attached hydrogen (secondary N) is 1. The van der Waals surface area contributed by atoms with E-state index in [4.69, 9.17) is 0 Å². The SMILES string of the molecule is O=C([C@@H]1C[C@H](N2CCN(c3ccncc3)CC2)CN1)N1CCSC1. The first-order valence-corrected chi connectivity index (χ1v) is 9.96. The first-order chi connectivity index (χ1) is 11.8. The molecule has 0 saturated carbocycles. The minimum Gasteiger partial charge on any atom is -0.369 e. The zero-order valence-electron chi connectivity index (χ0n) is 13.9. The molecule has 3 aliphatic heterocycles. The maximum Gasteiger partial charge on any atom is 0.240 e. The van der Waals surface area contributed by atoms with Crippen molar-refractivity contribution in [2.24, 2.45) is 0 Å². The summed E-state index contributed by atoms with van der Waals surface area (Å²) in [5.74, 6) is 2.25. The number of anilines is 1. The summed E-state index contributed by atoms with van der Waals surface area (Å²) >= 11 is 1.85. The van der Waals surface area contributed by atoms with E-state index in [1.807, 2.05) is 29.1 Å². The molecule has 1 N–H and O–H groups in total. The Labute approximate surface area is 147 Å². The number of amides is 1. The van der Waals surface area contributed by atoms with Gasteiger partial charge in [0.1, 0.15) is 0 Å². The Morgan fingerprint density at radius 2 is 1.96 bits per heavy atom. The molecule has 0 radical (unpaired) electrons. The van der Waals surface area contributed by atoms with E-state index in [0.29, 0.717) is 11.9 Å². The Morgan fingerprint density at radius 1 is 1.17 bits per heavy atom. The van der Waals surface area contributed by atoms with Gasteiger partial charge in [0.2, 0.25) is 5.91 Å². The van der Waals surface area contributed by atoms with Gasteiger partial charge in [-0.15, -0.1) is 11.8 Å². The Bertz CT molecular complexity index is 557. The molecule has 4 heterocycles. The van der Waals surface area contributed by atoms with Crippen LogP contribution in [0, 0.1) is 0 Å². The predicted octanol–water partition coefficient (Wildman–Crippen LogP) is 0.467. The van der Waals surface area contributed by atoms with Gasteiger partial charge in [-0.1, -0.05) is 0 Å². The van der Waals surface area contributed by atoms with Crippen molar-refractivity contribution in [3.05, 3.63) is 24.5 Å². The average molecular weight is 347 g/mol. The van der Waals surface area contributed by atoms with Gasteiger partial charge in [0.15, 0.2) is 0 Å². The minimum absolute atomic E-state index is 0.0203. The number of nitrogens with zero attached hydrogens (tertiary/aromatic N) is 4. The summed E-state index contributed by atoms with van der Waals surface area (Å²) in [5.41, 5.74) is 1.26. The number of rotatable bonds is 3. The lowest BCUT2D eigenvalue weighted by Crippen LogP contribution is -2.51. The van der Waals surface area contributed by atoms with Crippen LogP contribution in [-0.4, -0.2) is 83.7 Å². The second kappa shape index (κ2) is 7.29. The van der Waals surface area contributed by atoms with E-state index < -0.39 is 0 Å². The van der Waals surface area contributed by atoms with Crippen LogP contribution in [0.2, 0.25) is 0 Å². The van der Waals surface area contributed by atoms with Crippen LogP contribution in [-0.2, 0) is 4.79 Å². The van der Waals surface area contributed by atoms with Crippen LogP contribution in [0.25, 0.3) is 0 Å². The van der Waals surface area contributed by atoms with Gasteiger partial charge in [-0.25, -0.2) is 0 Å². The van der Waals surface area contributed by atoms with Crippen LogP contribution in [0.4, 0.5) is 5.69 Å². The van der Waals surface area contributed by atoms with Crippen molar-refractivity contribution in [2.75, 3.05) is 55.8 Å². The molecule has 1 aromatic heterocycles. The molecule has 1 amide bonds. The lowest BCUT2D eigenvalue weighted by Gasteiger charge is -2.38. The largest absolute Gasteiger partial charge is 0.369 e. The third kappa shape index (κ3) is 3.38. The number of thioether (sulfide) groups is 1. The highest BCUT2D eigenvalue weighted by Crippen LogP contribution is 2.22. The first kappa shape index (κ1) is 16.2. The van der Waals surface area contributed by atoms with E-state index in [9.17, 15) is 4.79 Å². The van der Waals surface area contributed by atoms with Gasteiger partial charge >= 0.3 is 0 Å². The highest BCUT2D eigenvalue weighted by molar-refractivity contribution is 7.99. The molecule has 0 aromatic carbocycles. The molecule has 1 aromatic rings. The van der Waals surface area contributed by atoms with Gasteiger partial charge in [0.05, 0.1) is 11.9 Å². The Balaban J connectivity index is 1.28. The Hall–Kier alpha value is -1.31. The molecule has 0 unspecified atom stereocenters. The van der Waals surface area contributed by atoms with Crippen LogP contribution in [0.15, 0.2) is 24.5 Å². The standard InChI is InChI=1S/C17H25N5OS/c23-17(22-9-10-24-13-22)16-11-15(12-19-16)21-7-5-20(6-8-21)14-1-3-18-4-2-14/h1-4,15-16,19H,5-13H2/t15-,16-/m0/s1. The fourth-order valence-corrected chi connectivity index (χ4v) is 4.85. The highest BCUT2D eigenvalue weighted by atomic mass is 32.2. The van der Waals surface area contributed by atoms with Crippen LogP contribution >= 0.6 is 11.8 Å². The fraction of sp³-hybridized carbons (Fsp3) is 0.647. The topological polar surface area (TPSA) is 51.7 Å². The molecule has 0 spiro atoms. The molecular weight excluding hydrogens is 322 g/mol. The smallest absolute Gasteiger partial charge is 0.240 e. The fourth-order valence-electron chi connectivity index (χ4n) is 3.89. The van der Waals surface area contributed by atoms with Crippen LogP contribution < -0.4 is 10.2 Å². The minimum atomic E-state index is 0.0203.